The van der Waals surface area contributed by atoms with E-state index in [1.54, 1.807) is 4.68 Å². The number of halogens is 1. The van der Waals surface area contributed by atoms with Gasteiger partial charge < -0.3 is 10.2 Å². The third-order valence-electron chi connectivity index (χ3n) is 4.86. The molecule has 1 saturated heterocycles. The zero-order valence-electron chi connectivity index (χ0n) is 15.9. The molecule has 1 fully saturated rings. The van der Waals surface area contributed by atoms with Crippen LogP contribution in [0.3, 0.4) is 0 Å². The average Bonchev–Trinajstić information content (AvgIpc) is 3.02. The number of benzene rings is 1. The zero-order valence-corrected chi connectivity index (χ0v) is 16.7. The van der Waals surface area contributed by atoms with Crippen molar-refractivity contribution in [2.24, 2.45) is 0 Å². The van der Waals surface area contributed by atoms with E-state index in [1.807, 2.05) is 37.1 Å². The molecule has 2 heterocycles. The number of hydrogen-bond donors (Lipinski definition) is 1. The van der Waals surface area contributed by atoms with Crippen molar-refractivity contribution in [3.8, 4) is 5.69 Å². The predicted molar refractivity (Wildman–Crippen MR) is 105 cm³/mol. The second-order valence-corrected chi connectivity index (χ2v) is 6.99. The fourth-order valence-electron chi connectivity index (χ4n) is 3.42. The number of aryl methyl sites for hydroxylation is 1. The summed E-state index contributed by atoms with van der Waals surface area (Å²) in [5, 5.41) is 7.81. The van der Waals surface area contributed by atoms with Crippen LogP contribution in [0.5, 0.6) is 0 Å². The summed E-state index contributed by atoms with van der Waals surface area (Å²) in [6, 6.07) is 8.51. The van der Waals surface area contributed by atoms with Gasteiger partial charge in [-0.1, -0.05) is 32.0 Å². The molecule has 1 unspecified atom stereocenters. The summed E-state index contributed by atoms with van der Waals surface area (Å²) in [6.07, 6.45) is 2.11. The van der Waals surface area contributed by atoms with Gasteiger partial charge in [0.15, 0.2) is 0 Å². The number of amides is 1. The van der Waals surface area contributed by atoms with Gasteiger partial charge in [0.1, 0.15) is 5.82 Å². The summed E-state index contributed by atoms with van der Waals surface area (Å²) in [5.41, 5.74) is 2.19. The van der Waals surface area contributed by atoms with Gasteiger partial charge in [-0.3, -0.25) is 4.79 Å². The summed E-state index contributed by atoms with van der Waals surface area (Å²) in [6.45, 7) is 7.69. The molecule has 1 aromatic heterocycles. The first kappa shape index (κ1) is 20.4. The number of piperidine rings is 1. The number of aromatic nitrogens is 3. The van der Waals surface area contributed by atoms with Crippen molar-refractivity contribution in [2.45, 2.75) is 45.6 Å². The highest BCUT2D eigenvalue weighted by molar-refractivity contribution is 5.90. The van der Waals surface area contributed by atoms with Crippen LogP contribution in [0.25, 0.3) is 5.69 Å². The molecular weight excluding hydrogens is 350 g/mol. The molecule has 1 atom stereocenters. The Hall–Kier alpha value is -1.92. The van der Waals surface area contributed by atoms with Crippen LogP contribution in [0.15, 0.2) is 24.3 Å². The van der Waals surface area contributed by atoms with Crippen LogP contribution < -0.4 is 5.32 Å². The molecule has 6 nitrogen and oxygen atoms in total. The van der Waals surface area contributed by atoms with Gasteiger partial charge in [-0.05, 0) is 44.4 Å². The van der Waals surface area contributed by atoms with Gasteiger partial charge in [0.25, 0.3) is 5.91 Å². The number of carbonyl (C=O) groups excluding carboxylic acids is 1. The first-order chi connectivity index (χ1) is 12.0. The molecule has 1 N–H and O–H groups in total. The Kier molecular flexibility index (Phi) is 6.78. The van der Waals surface area contributed by atoms with E-state index in [4.69, 9.17) is 0 Å². The number of likely N-dealkylation sites (tertiary alicyclic amines) is 1. The maximum Gasteiger partial charge on any atom is 0.293 e. The van der Waals surface area contributed by atoms with E-state index < -0.39 is 0 Å². The van der Waals surface area contributed by atoms with Gasteiger partial charge in [0, 0.05) is 19.1 Å². The third-order valence-corrected chi connectivity index (χ3v) is 4.86. The van der Waals surface area contributed by atoms with Crippen LogP contribution in [0, 0.1) is 6.92 Å². The molecule has 1 aliphatic heterocycles. The smallest absolute Gasteiger partial charge is 0.293 e. The molecule has 2 aromatic rings. The average molecular weight is 378 g/mol. The number of nitrogens with one attached hydrogen (secondary N) is 1. The molecule has 0 bridgehead atoms. The number of carbonyl (C=O) groups is 1. The van der Waals surface area contributed by atoms with E-state index in [2.05, 4.69) is 35.3 Å². The molecule has 0 spiro atoms. The highest BCUT2D eigenvalue weighted by Crippen LogP contribution is 2.23. The summed E-state index contributed by atoms with van der Waals surface area (Å²) in [7, 11) is 1.94. The Morgan fingerprint density at radius 3 is 2.73 bits per heavy atom. The molecule has 0 saturated carbocycles. The van der Waals surface area contributed by atoms with E-state index in [1.165, 1.54) is 5.56 Å². The normalized spacial score (nSPS) is 17.3. The quantitative estimate of drug-likeness (QED) is 0.889. The standard InChI is InChI=1S/C19H27N5O.ClH/c1-13(2)16-9-5-6-10-17(16)24-14(3)21-18(22-24)19(25)23-11-7-8-15(12-23)20-4;/h5-6,9-10,13,15,20H,7-8,11-12H2,1-4H3;1H. The van der Waals surface area contributed by atoms with E-state index in [0.29, 0.717) is 18.5 Å². The lowest BCUT2D eigenvalue weighted by Gasteiger charge is -2.31. The van der Waals surface area contributed by atoms with Gasteiger partial charge in [0.05, 0.1) is 5.69 Å². The minimum atomic E-state index is -0.0798. The molecule has 7 heteroatoms. The Morgan fingerprint density at radius 2 is 2.04 bits per heavy atom. The molecule has 1 amide bonds. The first-order valence-electron chi connectivity index (χ1n) is 9.00. The lowest BCUT2D eigenvalue weighted by Crippen LogP contribution is -2.47. The fourth-order valence-corrected chi connectivity index (χ4v) is 3.42. The van der Waals surface area contributed by atoms with E-state index >= 15 is 0 Å². The maximum absolute atomic E-state index is 12.8. The Labute approximate surface area is 161 Å². The lowest BCUT2D eigenvalue weighted by molar-refractivity contribution is 0.0686. The van der Waals surface area contributed by atoms with Gasteiger partial charge in [-0.25, -0.2) is 9.67 Å². The Morgan fingerprint density at radius 1 is 1.31 bits per heavy atom. The maximum atomic E-state index is 12.8. The molecule has 1 aromatic carbocycles. The van der Waals surface area contributed by atoms with Gasteiger partial charge >= 0.3 is 0 Å². The highest BCUT2D eigenvalue weighted by atomic mass is 35.5. The van der Waals surface area contributed by atoms with Crippen LogP contribution in [-0.2, 0) is 0 Å². The van der Waals surface area contributed by atoms with Crippen LogP contribution in [0.4, 0.5) is 0 Å². The topological polar surface area (TPSA) is 63.1 Å². The number of rotatable bonds is 4. The van der Waals surface area contributed by atoms with Crippen molar-refractivity contribution in [1.82, 2.24) is 25.0 Å². The summed E-state index contributed by atoms with van der Waals surface area (Å²) in [4.78, 5) is 19.1. The van der Waals surface area contributed by atoms with Crippen LogP contribution in [0.2, 0.25) is 0 Å². The van der Waals surface area contributed by atoms with Gasteiger partial charge in [-0.2, -0.15) is 0 Å². The molecule has 1 aliphatic rings. The largest absolute Gasteiger partial charge is 0.334 e. The van der Waals surface area contributed by atoms with Crippen LogP contribution in [-0.4, -0.2) is 51.8 Å². The summed E-state index contributed by atoms with van der Waals surface area (Å²) < 4.78 is 1.79. The van der Waals surface area contributed by atoms with Crippen molar-refractivity contribution in [3.05, 3.63) is 41.5 Å². The predicted octanol–water partition coefficient (Wildman–Crippen LogP) is 2.94. The Balaban J connectivity index is 0.00000243. The summed E-state index contributed by atoms with van der Waals surface area (Å²) >= 11 is 0. The third kappa shape index (κ3) is 4.07. The van der Waals surface area contributed by atoms with Crippen molar-refractivity contribution >= 4 is 18.3 Å². The van der Waals surface area contributed by atoms with E-state index in [9.17, 15) is 4.79 Å². The van der Waals surface area contributed by atoms with Gasteiger partial charge in [0.2, 0.25) is 5.82 Å². The number of para-hydroxylation sites is 1. The zero-order chi connectivity index (χ0) is 18.0. The summed E-state index contributed by atoms with van der Waals surface area (Å²) in [5.74, 6) is 1.31. The van der Waals surface area contributed by atoms with Crippen molar-refractivity contribution < 1.29 is 4.79 Å². The van der Waals surface area contributed by atoms with Crippen molar-refractivity contribution in [2.75, 3.05) is 20.1 Å². The van der Waals surface area contributed by atoms with E-state index in [-0.39, 0.29) is 24.1 Å². The molecule has 0 radical (unpaired) electrons. The first-order valence-corrected chi connectivity index (χ1v) is 9.00. The number of hydrogen-bond acceptors (Lipinski definition) is 4. The van der Waals surface area contributed by atoms with Crippen molar-refractivity contribution in [1.29, 1.82) is 0 Å². The monoisotopic (exact) mass is 377 g/mol. The molecule has 142 valence electrons. The lowest BCUT2D eigenvalue weighted by atomic mass is 10.0. The van der Waals surface area contributed by atoms with Crippen molar-refractivity contribution in [3.63, 3.8) is 0 Å². The second kappa shape index (κ2) is 8.64. The minimum Gasteiger partial charge on any atom is -0.334 e. The highest BCUT2D eigenvalue weighted by Gasteiger charge is 2.27. The molecule has 0 aliphatic carbocycles. The fraction of sp³-hybridized carbons (Fsp3) is 0.526. The van der Waals surface area contributed by atoms with Crippen LogP contribution in [0.1, 0.15) is 54.6 Å². The molecule has 3 rings (SSSR count). The van der Waals surface area contributed by atoms with E-state index in [0.717, 1.165) is 30.9 Å². The second-order valence-electron chi connectivity index (χ2n) is 6.99. The SMILES string of the molecule is CNC1CCCN(C(=O)c2nc(C)n(-c3ccccc3C(C)C)n2)C1.Cl. The van der Waals surface area contributed by atoms with Crippen LogP contribution >= 0.6 is 12.4 Å². The minimum absolute atomic E-state index is 0. The molecule has 26 heavy (non-hydrogen) atoms. The number of nitrogens with zero attached hydrogens (tertiary/aromatic N) is 4. The van der Waals surface area contributed by atoms with Gasteiger partial charge in [-0.15, -0.1) is 17.5 Å². The molecular formula is C19H28ClN5O. The Bertz CT molecular complexity index is 758. The number of likely N-dealkylation sites (N-methyl/N-ethyl adjacent to an activating group) is 1.